The molecule has 0 radical (unpaired) electrons. The Morgan fingerprint density at radius 3 is 2.19 bits per heavy atom. The van der Waals surface area contributed by atoms with Crippen molar-refractivity contribution in [1.29, 1.82) is 0 Å². The molecule has 0 atom stereocenters. The molecule has 0 fully saturated rings. The Morgan fingerprint density at radius 1 is 0.885 bits per heavy atom. The third-order valence-corrected chi connectivity index (χ3v) is 6.03. The smallest absolute Gasteiger partial charge is 0.191 e. The van der Waals surface area contributed by atoms with E-state index >= 15 is 0 Å². The van der Waals surface area contributed by atoms with Crippen LogP contribution in [0, 0.1) is 13.8 Å². The molecule has 26 heavy (non-hydrogen) atoms. The first-order chi connectivity index (χ1) is 12.7. The van der Waals surface area contributed by atoms with E-state index in [1.807, 2.05) is 6.08 Å². The molecule has 0 aliphatic carbocycles. The standard InChI is InChI=1S/C21H23N3S2/c1-4-13-24-20(15-25-19-11-7-17(3)8-12-19)22-23-21(24)26-14-18-9-5-16(2)6-10-18/h4-12H,1,13-15H2,2-3H3. The molecule has 3 aromatic rings. The summed E-state index contributed by atoms with van der Waals surface area (Å²) in [4.78, 5) is 1.25. The van der Waals surface area contributed by atoms with Gasteiger partial charge in [-0.25, -0.2) is 0 Å². The second-order valence-corrected chi connectivity index (χ2v) is 8.17. The van der Waals surface area contributed by atoms with Crippen molar-refractivity contribution in [2.45, 2.75) is 41.9 Å². The number of rotatable bonds is 8. The van der Waals surface area contributed by atoms with E-state index in [9.17, 15) is 0 Å². The number of aryl methyl sites for hydroxylation is 2. The highest BCUT2D eigenvalue weighted by atomic mass is 32.2. The summed E-state index contributed by atoms with van der Waals surface area (Å²) in [7, 11) is 0. The molecular weight excluding hydrogens is 358 g/mol. The van der Waals surface area contributed by atoms with E-state index in [1.165, 1.54) is 21.6 Å². The maximum Gasteiger partial charge on any atom is 0.191 e. The largest absolute Gasteiger partial charge is 0.301 e. The van der Waals surface area contributed by atoms with Crippen LogP contribution < -0.4 is 0 Å². The van der Waals surface area contributed by atoms with Crippen molar-refractivity contribution in [3.63, 3.8) is 0 Å². The van der Waals surface area contributed by atoms with Crippen LogP contribution in [-0.4, -0.2) is 14.8 Å². The van der Waals surface area contributed by atoms with Gasteiger partial charge >= 0.3 is 0 Å². The van der Waals surface area contributed by atoms with Crippen LogP contribution in [0.5, 0.6) is 0 Å². The van der Waals surface area contributed by atoms with Crippen LogP contribution in [0.25, 0.3) is 0 Å². The molecule has 0 saturated carbocycles. The second-order valence-electron chi connectivity index (χ2n) is 6.17. The summed E-state index contributed by atoms with van der Waals surface area (Å²) in [6, 6.07) is 17.2. The molecule has 0 saturated heterocycles. The topological polar surface area (TPSA) is 30.7 Å². The van der Waals surface area contributed by atoms with Crippen molar-refractivity contribution in [1.82, 2.24) is 14.8 Å². The van der Waals surface area contributed by atoms with E-state index < -0.39 is 0 Å². The summed E-state index contributed by atoms with van der Waals surface area (Å²) < 4.78 is 2.16. The summed E-state index contributed by atoms with van der Waals surface area (Å²) in [5.74, 6) is 2.68. The fourth-order valence-electron chi connectivity index (χ4n) is 2.46. The van der Waals surface area contributed by atoms with Crippen LogP contribution in [0.4, 0.5) is 0 Å². The molecule has 0 aliphatic rings. The van der Waals surface area contributed by atoms with Crippen molar-refractivity contribution in [2.75, 3.05) is 0 Å². The lowest BCUT2D eigenvalue weighted by Crippen LogP contribution is -2.03. The Hall–Kier alpha value is -1.98. The first-order valence-corrected chi connectivity index (χ1v) is 10.5. The molecule has 3 nitrogen and oxygen atoms in total. The number of aromatic nitrogens is 3. The Balaban J connectivity index is 1.67. The van der Waals surface area contributed by atoms with Crippen LogP contribution in [0.15, 0.2) is 71.2 Å². The fraction of sp³-hybridized carbons (Fsp3) is 0.238. The molecule has 1 aromatic heterocycles. The summed E-state index contributed by atoms with van der Waals surface area (Å²) >= 11 is 3.51. The first kappa shape index (κ1) is 18.8. The highest BCUT2D eigenvalue weighted by Gasteiger charge is 2.12. The van der Waals surface area contributed by atoms with Crippen molar-refractivity contribution < 1.29 is 0 Å². The third-order valence-electron chi connectivity index (χ3n) is 3.98. The van der Waals surface area contributed by atoms with Gasteiger partial charge in [0.1, 0.15) is 5.82 Å². The minimum atomic E-state index is 0.729. The van der Waals surface area contributed by atoms with Gasteiger partial charge in [-0.2, -0.15) is 0 Å². The van der Waals surface area contributed by atoms with Gasteiger partial charge in [-0.1, -0.05) is 65.4 Å². The van der Waals surface area contributed by atoms with Crippen LogP contribution in [0.2, 0.25) is 0 Å². The Morgan fingerprint density at radius 2 is 1.54 bits per heavy atom. The zero-order valence-corrected chi connectivity index (χ0v) is 16.8. The average Bonchev–Trinajstić information content (AvgIpc) is 3.03. The van der Waals surface area contributed by atoms with Gasteiger partial charge in [0, 0.05) is 17.2 Å². The molecule has 0 N–H and O–H groups in total. The molecule has 134 valence electrons. The quantitative estimate of drug-likeness (QED) is 0.372. The van der Waals surface area contributed by atoms with Crippen LogP contribution >= 0.6 is 23.5 Å². The highest BCUT2D eigenvalue weighted by Crippen LogP contribution is 2.26. The predicted octanol–water partition coefficient (Wildman–Crippen LogP) is 5.67. The second kappa shape index (κ2) is 9.10. The van der Waals surface area contributed by atoms with Crippen molar-refractivity contribution >= 4 is 23.5 Å². The minimum Gasteiger partial charge on any atom is -0.301 e. The molecule has 1 heterocycles. The maximum atomic E-state index is 4.42. The first-order valence-electron chi connectivity index (χ1n) is 8.56. The third kappa shape index (κ3) is 5.02. The van der Waals surface area contributed by atoms with Gasteiger partial charge in [0.25, 0.3) is 0 Å². The molecule has 3 rings (SSSR count). The van der Waals surface area contributed by atoms with Crippen molar-refractivity contribution in [3.8, 4) is 0 Å². The Kier molecular flexibility index (Phi) is 6.58. The highest BCUT2D eigenvalue weighted by molar-refractivity contribution is 7.98. The number of nitrogens with zero attached hydrogens (tertiary/aromatic N) is 3. The van der Waals surface area contributed by atoms with Crippen LogP contribution in [0.1, 0.15) is 22.5 Å². The van der Waals surface area contributed by atoms with Gasteiger partial charge in [-0.05, 0) is 31.5 Å². The van der Waals surface area contributed by atoms with E-state index in [0.29, 0.717) is 0 Å². The molecule has 0 spiro atoms. The summed E-state index contributed by atoms with van der Waals surface area (Å²) in [5.41, 5.74) is 3.85. The van der Waals surface area contributed by atoms with Gasteiger partial charge < -0.3 is 4.57 Å². The summed E-state index contributed by atoms with van der Waals surface area (Å²) in [6.07, 6.45) is 1.90. The Labute approximate surface area is 163 Å². The van der Waals surface area contributed by atoms with E-state index in [1.54, 1.807) is 23.5 Å². The normalized spacial score (nSPS) is 10.8. The van der Waals surface area contributed by atoms with E-state index in [0.717, 1.165) is 29.0 Å². The van der Waals surface area contributed by atoms with Crippen molar-refractivity contribution in [3.05, 3.63) is 83.7 Å². The van der Waals surface area contributed by atoms with Gasteiger partial charge in [-0.15, -0.1) is 28.5 Å². The van der Waals surface area contributed by atoms with E-state index in [-0.39, 0.29) is 0 Å². The Bertz CT molecular complexity index is 785. The van der Waals surface area contributed by atoms with Gasteiger partial charge in [0.05, 0.1) is 5.75 Å². The predicted molar refractivity (Wildman–Crippen MR) is 112 cm³/mol. The molecule has 5 heteroatoms. The van der Waals surface area contributed by atoms with Crippen molar-refractivity contribution in [2.24, 2.45) is 0 Å². The minimum absolute atomic E-state index is 0.729. The lowest BCUT2D eigenvalue weighted by atomic mass is 10.2. The molecule has 0 amide bonds. The van der Waals surface area contributed by atoms with Gasteiger partial charge in [0.15, 0.2) is 5.16 Å². The van der Waals surface area contributed by atoms with Gasteiger partial charge in [-0.3, -0.25) is 0 Å². The van der Waals surface area contributed by atoms with Gasteiger partial charge in [0.2, 0.25) is 0 Å². The lowest BCUT2D eigenvalue weighted by molar-refractivity contribution is 0.700. The zero-order valence-electron chi connectivity index (χ0n) is 15.2. The van der Waals surface area contributed by atoms with Crippen LogP contribution in [0.3, 0.4) is 0 Å². The molecule has 0 unspecified atom stereocenters. The van der Waals surface area contributed by atoms with E-state index in [2.05, 4.69) is 83.7 Å². The average molecular weight is 382 g/mol. The number of hydrogen-bond donors (Lipinski definition) is 0. The molecule has 2 aromatic carbocycles. The fourth-order valence-corrected chi connectivity index (χ4v) is 4.22. The number of thioether (sulfide) groups is 2. The number of hydrogen-bond acceptors (Lipinski definition) is 4. The maximum absolute atomic E-state index is 4.42. The lowest BCUT2D eigenvalue weighted by Gasteiger charge is -2.08. The SMILES string of the molecule is C=CCn1c(CSc2ccc(C)cc2)nnc1SCc1ccc(C)cc1. The molecular formula is C21H23N3S2. The summed E-state index contributed by atoms with van der Waals surface area (Å²) in [6.45, 7) is 8.82. The molecule has 0 aliphatic heterocycles. The number of allylic oxidation sites excluding steroid dienone is 1. The van der Waals surface area contributed by atoms with E-state index in [4.69, 9.17) is 0 Å². The van der Waals surface area contributed by atoms with Crippen LogP contribution in [-0.2, 0) is 18.1 Å². The summed E-state index contributed by atoms with van der Waals surface area (Å²) in [5, 5.41) is 9.77. The zero-order chi connectivity index (χ0) is 18.4. The molecule has 0 bridgehead atoms. The monoisotopic (exact) mass is 381 g/mol. The number of benzene rings is 2.